The van der Waals surface area contributed by atoms with E-state index in [1.807, 2.05) is 25.1 Å². The lowest BCUT2D eigenvalue weighted by molar-refractivity contribution is -0.137. The van der Waals surface area contributed by atoms with Gasteiger partial charge in [-0.05, 0) is 36.4 Å². The molecule has 5 nitrogen and oxygen atoms in total. The quantitative estimate of drug-likeness (QED) is 0.546. The van der Waals surface area contributed by atoms with E-state index >= 15 is 0 Å². The number of amides is 1. The Morgan fingerprint density at radius 1 is 1.18 bits per heavy atom. The topological polar surface area (TPSA) is 68.2 Å². The summed E-state index contributed by atoms with van der Waals surface area (Å²) in [5.41, 5.74) is 0.0316. The van der Waals surface area contributed by atoms with E-state index in [-0.39, 0.29) is 11.3 Å². The maximum atomic E-state index is 12.9. The second-order valence-electron chi connectivity index (χ2n) is 5.91. The van der Waals surface area contributed by atoms with Gasteiger partial charge in [0.2, 0.25) is 0 Å². The molecule has 1 amide bonds. The lowest BCUT2D eigenvalue weighted by atomic mass is 10.2. The fourth-order valence-electron chi connectivity index (χ4n) is 2.20. The van der Waals surface area contributed by atoms with Gasteiger partial charge in [-0.3, -0.25) is 4.79 Å². The molecule has 0 saturated carbocycles. The van der Waals surface area contributed by atoms with Crippen LogP contribution in [0.25, 0.3) is 0 Å². The SMILES string of the molecule is CN(C)c1cccc(N/C=C(/C#N)C(=O)Nc2ccc(Cl)c(C(F)(F)F)c2)c1. The molecule has 0 aromatic heterocycles. The summed E-state index contributed by atoms with van der Waals surface area (Å²) in [6.07, 6.45) is -3.48. The molecular weight excluding hydrogens is 393 g/mol. The molecule has 0 spiro atoms. The lowest BCUT2D eigenvalue weighted by Crippen LogP contribution is -2.15. The van der Waals surface area contributed by atoms with Crippen LogP contribution in [0.5, 0.6) is 0 Å². The highest BCUT2D eigenvalue weighted by atomic mass is 35.5. The third kappa shape index (κ3) is 5.41. The summed E-state index contributed by atoms with van der Waals surface area (Å²) < 4.78 is 38.7. The van der Waals surface area contributed by atoms with Gasteiger partial charge in [0.25, 0.3) is 5.91 Å². The van der Waals surface area contributed by atoms with E-state index in [1.54, 1.807) is 24.3 Å². The van der Waals surface area contributed by atoms with Crippen LogP contribution in [0, 0.1) is 11.3 Å². The van der Waals surface area contributed by atoms with Crippen molar-refractivity contribution in [3.8, 4) is 6.07 Å². The van der Waals surface area contributed by atoms with Crippen LogP contribution in [-0.2, 0) is 11.0 Å². The number of nitriles is 1. The van der Waals surface area contributed by atoms with Gasteiger partial charge in [0.05, 0.1) is 10.6 Å². The third-order valence-electron chi connectivity index (χ3n) is 3.64. The standard InChI is InChI=1S/C19H16ClF3N4O/c1-27(2)15-5-3-4-13(8-15)25-11-12(10-24)18(28)26-14-6-7-17(20)16(9-14)19(21,22)23/h3-9,11,25H,1-2H3,(H,26,28)/b12-11-. The van der Waals surface area contributed by atoms with Gasteiger partial charge in [0.1, 0.15) is 11.6 Å². The Morgan fingerprint density at radius 3 is 2.50 bits per heavy atom. The zero-order chi connectivity index (χ0) is 20.9. The average Bonchev–Trinajstić information content (AvgIpc) is 2.63. The molecule has 0 atom stereocenters. The first-order valence-corrected chi connectivity index (χ1v) is 8.32. The summed E-state index contributed by atoms with van der Waals surface area (Å²) in [6.45, 7) is 0. The number of hydrogen-bond donors (Lipinski definition) is 2. The number of hydrogen-bond acceptors (Lipinski definition) is 4. The van der Waals surface area contributed by atoms with E-state index in [2.05, 4.69) is 10.6 Å². The van der Waals surface area contributed by atoms with Gasteiger partial charge in [0.15, 0.2) is 0 Å². The summed E-state index contributed by atoms with van der Waals surface area (Å²) >= 11 is 5.55. The van der Waals surface area contributed by atoms with E-state index < -0.39 is 22.7 Å². The highest BCUT2D eigenvalue weighted by Gasteiger charge is 2.33. The van der Waals surface area contributed by atoms with Crippen molar-refractivity contribution >= 4 is 34.6 Å². The van der Waals surface area contributed by atoms with Gasteiger partial charge in [-0.25, -0.2) is 0 Å². The lowest BCUT2D eigenvalue weighted by Gasteiger charge is -2.13. The molecule has 0 aliphatic heterocycles. The molecule has 0 bridgehead atoms. The molecule has 0 aliphatic rings. The van der Waals surface area contributed by atoms with Crippen LogP contribution in [-0.4, -0.2) is 20.0 Å². The van der Waals surface area contributed by atoms with Crippen LogP contribution in [0.3, 0.4) is 0 Å². The monoisotopic (exact) mass is 408 g/mol. The largest absolute Gasteiger partial charge is 0.417 e. The van der Waals surface area contributed by atoms with Crippen LogP contribution in [0.2, 0.25) is 5.02 Å². The normalized spacial score (nSPS) is 11.5. The Labute approximate surface area is 165 Å². The second-order valence-corrected chi connectivity index (χ2v) is 6.31. The maximum absolute atomic E-state index is 12.9. The van der Waals surface area contributed by atoms with Crippen molar-refractivity contribution in [3.63, 3.8) is 0 Å². The van der Waals surface area contributed by atoms with Gasteiger partial charge in [-0.15, -0.1) is 0 Å². The van der Waals surface area contributed by atoms with Crippen molar-refractivity contribution in [1.82, 2.24) is 0 Å². The first-order chi connectivity index (χ1) is 13.1. The summed E-state index contributed by atoms with van der Waals surface area (Å²) in [4.78, 5) is 14.1. The van der Waals surface area contributed by atoms with Crippen LogP contribution >= 0.6 is 11.6 Å². The van der Waals surface area contributed by atoms with Crippen molar-refractivity contribution in [2.24, 2.45) is 0 Å². The van der Waals surface area contributed by atoms with Gasteiger partial charge in [-0.1, -0.05) is 17.7 Å². The van der Waals surface area contributed by atoms with Crippen LogP contribution < -0.4 is 15.5 Å². The second kappa shape index (κ2) is 8.67. The van der Waals surface area contributed by atoms with Crippen LogP contribution in [0.4, 0.5) is 30.2 Å². The first kappa shape index (κ1) is 21.1. The zero-order valence-corrected chi connectivity index (χ0v) is 15.7. The Bertz CT molecular complexity index is 949. The van der Waals surface area contributed by atoms with Gasteiger partial charge < -0.3 is 15.5 Å². The molecule has 0 saturated heterocycles. The molecule has 2 N–H and O–H groups in total. The Balaban J connectivity index is 2.17. The highest BCUT2D eigenvalue weighted by Crippen LogP contribution is 2.36. The highest BCUT2D eigenvalue weighted by molar-refractivity contribution is 6.31. The van der Waals surface area contributed by atoms with Gasteiger partial charge >= 0.3 is 6.18 Å². The number of rotatable bonds is 5. The molecule has 9 heteroatoms. The van der Waals surface area contributed by atoms with Gasteiger partial charge in [-0.2, -0.15) is 18.4 Å². The summed E-state index contributed by atoms with van der Waals surface area (Å²) in [5.74, 6) is -0.853. The number of halogens is 4. The van der Waals surface area contributed by atoms with Crippen LogP contribution in [0.15, 0.2) is 54.2 Å². The van der Waals surface area contributed by atoms with Crippen molar-refractivity contribution in [2.75, 3.05) is 29.6 Å². The minimum atomic E-state index is -4.66. The molecule has 0 radical (unpaired) electrons. The summed E-state index contributed by atoms with van der Waals surface area (Å²) in [6, 6.07) is 11.9. The number of carbonyl (C=O) groups is 1. The fourth-order valence-corrected chi connectivity index (χ4v) is 2.42. The number of benzene rings is 2. The Hall–Kier alpha value is -3.18. The molecule has 0 heterocycles. The molecule has 2 aromatic rings. The van der Waals surface area contributed by atoms with Crippen molar-refractivity contribution in [3.05, 3.63) is 64.8 Å². The molecule has 28 heavy (non-hydrogen) atoms. The molecule has 0 fully saturated rings. The van der Waals surface area contributed by atoms with Crippen LogP contribution in [0.1, 0.15) is 5.56 Å². The Kier molecular flexibility index (Phi) is 6.54. The van der Waals surface area contributed by atoms with Crippen molar-refractivity contribution in [1.29, 1.82) is 5.26 Å². The molecule has 0 aliphatic carbocycles. The van der Waals surface area contributed by atoms with Crippen molar-refractivity contribution < 1.29 is 18.0 Å². The maximum Gasteiger partial charge on any atom is 0.417 e. The van der Waals surface area contributed by atoms with Crippen molar-refractivity contribution in [2.45, 2.75) is 6.18 Å². The summed E-state index contributed by atoms with van der Waals surface area (Å²) in [7, 11) is 3.73. The van der Waals surface area contributed by atoms with Gasteiger partial charge in [0, 0.05) is 37.4 Å². The third-order valence-corrected chi connectivity index (χ3v) is 3.97. The minimum absolute atomic E-state index is 0.127. The van der Waals surface area contributed by atoms with E-state index in [0.29, 0.717) is 11.8 Å². The molecule has 146 valence electrons. The zero-order valence-electron chi connectivity index (χ0n) is 14.9. The number of nitrogens with one attached hydrogen (secondary N) is 2. The number of carbonyl (C=O) groups excluding carboxylic acids is 1. The molecular formula is C19H16ClF3N4O. The predicted octanol–water partition coefficient (Wildman–Crippen LogP) is 4.88. The number of alkyl halides is 3. The Morgan fingerprint density at radius 2 is 1.89 bits per heavy atom. The molecule has 2 rings (SSSR count). The van der Waals surface area contributed by atoms with E-state index in [0.717, 1.165) is 11.8 Å². The minimum Gasteiger partial charge on any atom is -0.378 e. The predicted molar refractivity (Wildman–Crippen MR) is 103 cm³/mol. The van der Waals surface area contributed by atoms with E-state index in [4.69, 9.17) is 11.6 Å². The fraction of sp³-hybridized carbons (Fsp3) is 0.158. The smallest absolute Gasteiger partial charge is 0.378 e. The molecule has 0 unspecified atom stereocenters. The summed E-state index contributed by atoms with van der Waals surface area (Å²) in [5, 5.41) is 13.8. The van der Waals surface area contributed by atoms with E-state index in [9.17, 15) is 23.2 Å². The number of anilines is 3. The van der Waals surface area contributed by atoms with E-state index in [1.165, 1.54) is 12.3 Å². The number of nitrogens with zero attached hydrogens (tertiary/aromatic N) is 2. The average molecular weight is 409 g/mol. The first-order valence-electron chi connectivity index (χ1n) is 7.94. The molecule has 2 aromatic carbocycles.